The van der Waals surface area contributed by atoms with Crippen molar-refractivity contribution in [1.82, 2.24) is 0 Å². The summed E-state index contributed by atoms with van der Waals surface area (Å²) < 4.78 is 5.38. The predicted molar refractivity (Wildman–Crippen MR) is 83.6 cm³/mol. The number of allylic oxidation sites excluding steroid dienone is 1. The molecule has 0 aromatic heterocycles. The molecule has 2 N–H and O–H groups in total. The molecular weight excluding hydrogens is 229 g/mol. The highest BCUT2D eigenvalue weighted by Gasteiger charge is 2.10. The van der Waals surface area contributed by atoms with Gasteiger partial charge in [0.25, 0.3) is 0 Å². The zero-order valence-electron chi connectivity index (χ0n) is 12.8. The molecule has 17 heavy (non-hydrogen) atoms. The van der Waals surface area contributed by atoms with Crippen molar-refractivity contribution in [3.05, 3.63) is 12.7 Å². The molecular formula is C14H34NOP. The molecule has 3 heteroatoms. The van der Waals surface area contributed by atoms with Crippen molar-refractivity contribution in [3.63, 3.8) is 0 Å². The van der Waals surface area contributed by atoms with E-state index in [1.54, 1.807) is 0 Å². The molecule has 0 fully saturated rings. The number of nitrogens with two attached hydrogens (primary N) is 1. The SMILES string of the molecule is C=CC[C@@H](C)CC(CC)OPN.CC.CCC. The quantitative estimate of drug-likeness (QED) is 0.500. The van der Waals surface area contributed by atoms with Crippen LogP contribution in [0.2, 0.25) is 0 Å². The van der Waals surface area contributed by atoms with Crippen LogP contribution in [0.25, 0.3) is 0 Å². The van der Waals surface area contributed by atoms with Gasteiger partial charge in [0.1, 0.15) is 0 Å². The Labute approximate surface area is 111 Å². The zero-order chi connectivity index (χ0) is 14.1. The number of hydrogen-bond donors (Lipinski definition) is 1. The Morgan fingerprint density at radius 2 is 1.76 bits per heavy atom. The van der Waals surface area contributed by atoms with Gasteiger partial charge in [-0.25, -0.2) is 0 Å². The Morgan fingerprint density at radius 3 is 2.06 bits per heavy atom. The topological polar surface area (TPSA) is 35.2 Å². The molecule has 0 saturated carbocycles. The van der Waals surface area contributed by atoms with Crippen molar-refractivity contribution in [2.75, 3.05) is 0 Å². The summed E-state index contributed by atoms with van der Waals surface area (Å²) in [6.07, 6.45) is 6.75. The van der Waals surface area contributed by atoms with Gasteiger partial charge in [0.05, 0.1) is 15.1 Å². The van der Waals surface area contributed by atoms with E-state index < -0.39 is 0 Å². The highest BCUT2D eigenvalue weighted by atomic mass is 31.1. The van der Waals surface area contributed by atoms with Gasteiger partial charge in [0.2, 0.25) is 0 Å². The average Bonchev–Trinajstić information content (AvgIpc) is 2.32. The third kappa shape index (κ3) is 21.9. The van der Waals surface area contributed by atoms with Gasteiger partial charge < -0.3 is 4.52 Å². The van der Waals surface area contributed by atoms with E-state index in [1.165, 1.54) is 6.42 Å². The molecule has 0 radical (unpaired) electrons. The lowest BCUT2D eigenvalue weighted by molar-refractivity contribution is 0.192. The summed E-state index contributed by atoms with van der Waals surface area (Å²) in [6.45, 7) is 16.3. The molecule has 0 spiro atoms. The van der Waals surface area contributed by atoms with Crippen LogP contribution in [0, 0.1) is 5.92 Å². The molecule has 0 aromatic rings. The third-order valence-corrected chi connectivity index (χ3v) is 2.39. The summed E-state index contributed by atoms with van der Waals surface area (Å²) in [7, 11) is 0.121. The summed E-state index contributed by atoms with van der Waals surface area (Å²) in [5.74, 6) is 0.656. The normalized spacial score (nSPS) is 13.1. The summed E-state index contributed by atoms with van der Waals surface area (Å²) in [6, 6.07) is 0. The van der Waals surface area contributed by atoms with Crippen LogP contribution in [0.4, 0.5) is 0 Å². The Hall–Kier alpha value is 0.0900. The fraction of sp³-hybridized carbons (Fsp3) is 0.857. The largest absolute Gasteiger partial charge is 0.344 e. The van der Waals surface area contributed by atoms with Crippen LogP contribution in [-0.4, -0.2) is 6.10 Å². The second-order valence-electron chi connectivity index (χ2n) is 3.84. The highest BCUT2D eigenvalue weighted by Crippen LogP contribution is 2.19. The van der Waals surface area contributed by atoms with Crippen LogP contribution in [-0.2, 0) is 4.52 Å². The first-order chi connectivity index (χ1) is 8.15. The number of rotatable bonds is 7. The van der Waals surface area contributed by atoms with E-state index in [0.29, 0.717) is 12.0 Å². The van der Waals surface area contributed by atoms with Crippen molar-refractivity contribution in [2.24, 2.45) is 11.4 Å². The molecule has 2 nitrogen and oxygen atoms in total. The Bertz CT molecular complexity index is 131. The van der Waals surface area contributed by atoms with E-state index >= 15 is 0 Å². The van der Waals surface area contributed by atoms with Crippen LogP contribution >= 0.6 is 8.96 Å². The lowest BCUT2D eigenvalue weighted by atomic mass is 9.99. The summed E-state index contributed by atoms with van der Waals surface area (Å²) >= 11 is 0. The summed E-state index contributed by atoms with van der Waals surface area (Å²) in [4.78, 5) is 0. The lowest BCUT2D eigenvalue weighted by Gasteiger charge is -2.17. The minimum atomic E-state index is 0.121. The van der Waals surface area contributed by atoms with E-state index in [0.717, 1.165) is 19.3 Å². The minimum Gasteiger partial charge on any atom is -0.344 e. The first kappa shape index (κ1) is 22.3. The van der Waals surface area contributed by atoms with Crippen molar-refractivity contribution >= 4 is 8.96 Å². The summed E-state index contributed by atoms with van der Waals surface area (Å²) in [5.41, 5.74) is 5.34. The molecule has 0 aliphatic carbocycles. The maximum atomic E-state index is 5.38. The molecule has 0 aliphatic heterocycles. The second-order valence-corrected chi connectivity index (χ2v) is 4.31. The van der Waals surface area contributed by atoms with Gasteiger partial charge in [-0.05, 0) is 25.2 Å². The minimum absolute atomic E-state index is 0.121. The van der Waals surface area contributed by atoms with Gasteiger partial charge in [-0.2, -0.15) is 0 Å². The third-order valence-electron chi connectivity index (χ3n) is 1.92. The first-order valence-electron chi connectivity index (χ1n) is 6.88. The second kappa shape index (κ2) is 21.4. The van der Waals surface area contributed by atoms with Crippen molar-refractivity contribution in [2.45, 2.75) is 73.3 Å². The van der Waals surface area contributed by atoms with Crippen LogP contribution in [0.5, 0.6) is 0 Å². The molecule has 0 heterocycles. The predicted octanol–water partition coefficient (Wildman–Crippen LogP) is 5.29. The van der Waals surface area contributed by atoms with E-state index in [9.17, 15) is 0 Å². The van der Waals surface area contributed by atoms with E-state index in [-0.39, 0.29) is 8.96 Å². The molecule has 0 bridgehead atoms. The molecule has 0 aliphatic rings. The molecule has 2 unspecified atom stereocenters. The van der Waals surface area contributed by atoms with Crippen LogP contribution < -0.4 is 5.50 Å². The Morgan fingerprint density at radius 1 is 1.29 bits per heavy atom. The van der Waals surface area contributed by atoms with Crippen molar-refractivity contribution in [3.8, 4) is 0 Å². The van der Waals surface area contributed by atoms with Gasteiger partial charge in [-0.3, -0.25) is 5.50 Å². The fourth-order valence-corrected chi connectivity index (χ4v) is 1.68. The fourth-order valence-electron chi connectivity index (χ4n) is 1.22. The maximum absolute atomic E-state index is 5.38. The molecule has 0 saturated heterocycles. The monoisotopic (exact) mass is 263 g/mol. The maximum Gasteiger partial charge on any atom is 0.0837 e. The number of hydrogen-bond acceptors (Lipinski definition) is 2. The first-order valence-corrected chi connectivity index (χ1v) is 7.86. The molecule has 0 rings (SSSR count). The van der Waals surface area contributed by atoms with Crippen LogP contribution in [0.15, 0.2) is 12.7 Å². The van der Waals surface area contributed by atoms with E-state index in [4.69, 9.17) is 10.0 Å². The lowest BCUT2D eigenvalue weighted by Crippen LogP contribution is -2.12. The molecule has 0 aromatic carbocycles. The smallest absolute Gasteiger partial charge is 0.0837 e. The van der Waals surface area contributed by atoms with E-state index in [1.807, 2.05) is 19.9 Å². The average molecular weight is 263 g/mol. The van der Waals surface area contributed by atoms with Gasteiger partial charge in [-0.15, -0.1) is 6.58 Å². The van der Waals surface area contributed by atoms with E-state index in [2.05, 4.69) is 34.3 Å². The Balaban J connectivity index is -0.000000337. The molecule has 3 atom stereocenters. The van der Waals surface area contributed by atoms with Gasteiger partial charge >= 0.3 is 0 Å². The standard InChI is InChI=1S/C9H20NOP.C3H8.C2H6/c1-4-6-8(3)7-9(5-2)11-12-10;1-3-2;1-2/h4,8-9,12H,1,5-7,10H2,2-3H3;3H2,1-2H3;1-2H3/t8-,9?;;/m1../s1. The van der Waals surface area contributed by atoms with Crippen LogP contribution in [0.1, 0.15) is 67.2 Å². The van der Waals surface area contributed by atoms with Gasteiger partial charge in [-0.1, -0.05) is 54.0 Å². The van der Waals surface area contributed by atoms with Crippen molar-refractivity contribution < 1.29 is 4.52 Å². The van der Waals surface area contributed by atoms with Crippen LogP contribution in [0.3, 0.4) is 0 Å². The zero-order valence-corrected chi connectivity index (χ0v) is 13.8. The van der Waals surface area contributed by atoms with Crippen molar-refractivity contribution in [1.29, 1.82) is 0 Å². The molecule has 106 valence electrons. The highest BCUT2D eigenvalue weighted by molar-refractivity contribution is 7.29. The van der Waals surface area contributed by atoms with Gasteiger partial charge in [0.15, 0.2) is 0 Å². The molecule has 0 amide bonds. The summed E-state index contributed by atoms with van der Waals surface area (Å²) in [5, 5.41) is 0. The Kier molecular flexibility index (Phi) is 28.0. The van der Waals surface area contributed by atoms with Gasteiger partial charge in [0, 0.05) is 0 Å².